The van der Waals surface area contributed by atoms with E-state index in [-0.39, 0.29) is 0 Å². The van der Waals surface area contributed by atoms with Crippen molar-refractivity contribution in [1.82, 2.24) is 14.1 Å². The Kier molecular flexibility index (Phi) is 5.50. The molecule has 0 fully saturated rings. The molecule has 0 radical (unpaired) electrons. The van der Waals surface area contributed by atoms with E-state index in [1.165, 1.54) is 98.7 Å². The first kappa shape index (κ1) is 27.8. The van der Waals surface area contributed by atoms with Gasteiger partial charge in [0.05, 0.1) is 27.8 Å². The number of fused-ring (bicyclic) bond motifs is 11. The zero-order valence-corrected chi connectivity index (χ0v) is 28.1. The summed E-state index contributed by atoms with van der Waals surface area (Å²) in [5.41, 5.74) is 14.3. The van der Waals surface area contributed by atoms with Crippen LogP contribution in [0.25, 0.3) is 110 Å². The monoisotopic (exact) mass is 659 g/mol. The molecule has 0 spiro atoms. The minimum atomic E-state index is 1.07. The lowest BCUT2D eigenvalue weighted by Gasteiger charge is -2.12. The second-order valence-electron chi connectivity index (χ2n) is 14.0. The molecule has 0 saturated heterocycles. The third-order valence-corrected chi connectivity index (χ3v) is 11.2. The van der Waals surface area contributed by atoms with Crippen LogP contribution >= 0.6 is 0 Å². The molecule has 0 unspecified atom stereocenters. The summed E-state index contributed by atoms with van der Waals surface area (Å²) in [5.74, 6) is 0. The van der Waals surface area contributed by atoms with E-state index in [0.29, 0.717) is 0 Å². The molecule has 11 aromatic rings. The summed E-state index contributed by atoms with van der Waals surface area (Å²) in [5, 5.41) is 10.1. The molecule has 0 aliphatic heterocycles. The van der Waals surface area contributed by atoms with Crippen molar-refractivity contribution >= 4 is 65.2 Å². The molecule has 12 rings (SSSR count). The van der Waals surface area contributed by atoms with Gasteiger partial charge in [-0.15, -0.1) is 0 Å². The molecule has 1 aliphatic rings. The van der Waals surface area contributed by atoms with Crippen LogP contribution in [0.4, 0.5) is 0 Å². The van der Waals surface area contributed by atoms with E-state index >= 15 is 0 Å². The van der Waals surface area contributed by atoms with Crippen LogP contribution in [0.3, 0.4) is 0 Å². The van der Waals surface area contributed by atoms with Gasteiger partial charge < -0.3 is 9.13 Å². The highest BCUT2D eigenvalue weighted by Gasteiger charge is 2.24. The van der Waals surface area contributed by atoms with Crippen LogP contribution < -0.4 is 0 Å². The van der Waals surface area contributed by atoms with E-state index in [1.807, 2.05) is 12.3 Å². The number of pyridine rings is 1. The summed E-state index contributed by atoms with van der Waals surface area (Å²) < 4.78 is 4.86. The average Bonchev–Trinajstić information content (AvgIpc) is 3.84. The number of benzene rings is 8. The highest BCUT2D eigenvalue weighted by atomic mass is 15.0. The zero-order chi connectivity index (χ0) is 33.9. The third-order valence-electron chi connectivity index (χ3n) is 11.2. The number of para-hydroxylation sites is 2. The van der Waals surface area contributed by atoms with Crippen LogP contribution in [-0.4, -0.2) is 14.1 Å². The van der Waals surface area contributed by atoms with Crippen molar-refractivity contribution in [3.05, 3.63) is 176 Å². The molecular weight excluding hydrogens is 631 g/mol. The first-order valence-electron chi connectivity index (χ1n) is 17.9. The van der Waals surface area contributed by atoms with Gasteiger partial charge in [-0.05, 0) is 93.5 Å². The minimum Gasteiger partial charge on any atom is -0.309 e. The van der Waals surface area contributed by atoms with Crippen LogP contribution in [-0.2, 0) is 0 Å². The minimum absolute atomic E-state index is 1.07. The van der Waals surface area contributed by atoms with Gasteiger partial charge in [0.2, 0.25) is 0 Å². The first-order valence-corrected chi connectivity index (χ1v) is 17.9. The van der Waals surface area contributed by atoms with Crippen molar-refractivity contribution in [2.45, 2.75) is 0 Å². The molecular formula is C49H29N3. The summed E-state index contributed by atoms with van der Waals surface area (Å²) in [6, 6.07) is 62.3. The molecule has 3 aromatic heterocycles. The fraction of sp³-hybridized carbons (Fsp3) is 0. The Morgan fingerprint density at radius 1 is 0.365 bits per heavy atom. The molecule has 0 bridgehead atoms. The predicted molar refractivity (Wildman–Crippen MR) is 218 cm³/mol. The molecule has 52 heavy (non-hydrogen) atoms. The van der Waals surface area contributed by atoms with Gasteiger partial charge in [0.1, 0.15) is 0 Å². The van der Waals surface area contributed by atoms with Gasteiger partial charge in [0, 0.05) is 55.6 Å². The first-order chi connectivity index (χ1) is 25.8. The van der Waals surface area contributed by atoms with E-state index in [4.69, 9.17) is 4.98 Å². The maximum Gasteiger partial charge on any atom is 0.0787 e. The van der Waals surface area contributed by atoms with E-state index in [2.05, 4.69) is 173 Å². The van der Waals surface area contributed by atoms with Crippen molar-refractivity contribution in [2.24, 2.45) is 0 Å². The Balaban J connectivity index is 1.08. The van der Waals surface area contributed by atoms with E-state index in [0.717, 1.165) is 11.4 Å². The van der Waals surface area contributed by atoms with E-state index in [1.54, 1.807) is 0 Å². The third kappa shape index (κ3) is 3.72. The predicted octanol–water partition coefficient (Wildman–Crippen LogP) is 12.9. The number of hydrogen-bond acceptors (Lipinski definition) is 1. The Morgan fingerprint density at radius 3 is 1.92 bits per heavy atom. The van der Waals surface area contributed by atoms with Crippen molar-refractivity contribution in [2.75, 3.05) is 0 Å². The molecule has 8 aromatic carbocycles. The van der Waals surface area contributed by atoms with Gasteiger partial charge in [0.15, 0.2) is 0 Å². The van der Waals surface area contributed by atoms with Crippen LogP contribution in [0.15, 0.2) is 176 Å². The summed E-state index contributed by atoms with van der Waals surface area (Å²) in [6.07, 6.45) is 1.91. The SMILES string of the molecule is c1ccc(-n2c3ccc(-c4ccc5c(c4)c4ccccc4n5-c4cc5c6c(cccc6c4)-c4cccnc4-5)cc3c3ccc4ccccc4c32)cc1. The zero-order valence-electron chi connectivity index (χ0n) is 28.1. The number of aromatic nitrogens is 3. The molecule has 3 nitrogen and oxygen atoms in total. The molecule has 1 aliphatic carbocycles. The second kappa shape index (κ2) is 10.3. The fourth-order valence-corrected chi connectivity index (χ4v) is 9.03. The lowest BCUT2D eigenvalue weighted by molar-refractivity contribution is 1.18. The Hall–Kier alpha value is -6.97. The largest absolute Gasteiger partial charge is 0.309 e. The Labute approximate surface area is 299 Å². The van der Waals surface area contributed by atoms with E-state index in [9.17, 15) is 0 Å². The van der Waals surface area contributed by atoms with Crippen LogP contribution in [0.5, 0.6) is 0 Å². The van der Waals surface area contributed by atoms with Gasteiger partial charge >= 0.3 is 0 Å². The molecule has 0 atom stereocenters. The molecule has 3 heteroatoms. The lowest BCUT2D eigenvalue weighted by Crippen LogP contribution is -1.95. The van der Waals surface area contributed by atoms with Gasteiger partial charge in [-0.25, -0.2) is 0 Å². The lowest BCUT2D eigenvalue weighted by atomic mass is 10.00. The number of hydrogen-bond donors (Lipinski definition) is 0. The molecule has 3 heterocycles. The summed E-state index contributed by atoms with van der Waals surface area (Å²) >= 11 is 0. The van der Waals surface area contributed by atoms with Crippen molar-refractivity contribution in [1.29, 1.82) is 0 Å². The van der Waals surface area contributed by atoms with Gasteiger partial charge in [-0.3, -0.25) is 4.98 Å². The maximum absolute atomic E-state index is 4.85. The maximum atomic E-state index is 4.85. The average molecular weight is 660 g/mol. The van der Waals surface area contributed by atoms with Crippen LogP contribution in [0, 0.1) is 0 Å². The van der Waals surface area contributed by atoms with Crippen molar-refractivity contribution in [3.8, 4) is 44.9 Å². The summed E-state index contributed by atoms with van der Waals surface area (Å²) in [6.45, 7) is 0. The van der Waals surface area contributed by atoms with Crippen LogP contribution in [0.2, 0.25) is 0 Å². The number of rotatable bonds is 3. The second-order valence-corrected chi connectivity index (χ2v) is 14.0. The molecule has 0 N–H and O–H groups in total. The molecule has 0 saturated carbocycles. The normalized spacial score (nSPS) is 12.2. The van der Waals surface area contributed by atoms with Crippen molar-refractivity contribution < 1.29 is 0 Å². The molecule has 240 valence electrons. The highest BCUT2D eigenvalue weighted by Crippen LogP contribution is 2.48. The van der Waals surface area contributed by atoms with Gasteiger partial charge in [-0.1, -0.05) is 109 Å². The number of nitrogens with zero attached hydrogens (tertiary/aromatic N) is 3. The standard InChI is InChI=1S/C49H29N3/c1-2-12-34(13-3-1)52-46-24-21-32(28-42(46)40-22-19-30-10-4-5-14-36(30)49(40)52)31-20-23-45-41(27-31)37-15-6-7-18-44(37)51(45)35-26-33-11-8-16-38-39-17-9-25-50-48(39)43(29-35)47(33)38/h1-29H. The highest BCUT2D eigenvalue weighted by molar-refractivity contribution is 6.20. The quantitative estimate of drug-likeness (QED) is 0.185. The van der Waals surface area contributed by atoms with Gasteiger partial charge in [-0.2, -0.15) is 0 Å². The van der Waals surface area contributed by atoms with Crippen LogP contribution in [0.1, 0.15) is 0 Å². The summed E-state index contributed by atoms with van der Waals surface area (Å²) in [7, 11) is 0. The smallest absolute Gasteiger partial charge is 0.0787 e. The summed E-state index contributed by atoms with van der Waals surface area (Å²) in [4.78, 5) is 4.85. The fourth-order valence-electron chi connectivity index (χ4n) is 9.03. The van der Waals surface area contributed by atoms with E-state index < -0.39 is 0 Å². The van der Waals surface area contributed by atoms with Gasteiger partial charge in [0.25, 0.3) is 0 Å². The van der Waals surface area contributed by atoms with Crippen molar-refractivity contribution in [3.63, 3.8) is 0 Å². The topological polar surface area (TPSA) is 22.8 Å². The molecule has 0 amide bonds. The Morgan fingerprint density at radius 2 is 1.06 bits per heavy atom. The Bertz CT molecular complexity index is 3290.